The lowest BCUT2D eigenvalue weighted by atomic mass is 9.95. The van der Waals surface area contributed by atoms with Crippen LogP contribution in [0.5, 0.6) is 0 Å². The molecule has 2 aromatic rings. The monoisotopic (exact) mass is 255 g/mol. The van der Waals surface area contributed by atoms with E-state index in [2.05, 4.69) is 53.3 Å². The fraction of sp³-hybridized carbons (Fsp3) is 0.438. The maximum Gasteiger partial charge on any atom is 0.0703 e. The Hall–Kier alpha value is -1.61. The van der Waals surface area contributed by atoms with E-state index in [1.807, 2.05) is 12.3 Å². The van der Waals surface area contributed by atoms with Gasteiger partial charge in [-0.25, -0.2) is 0 Å². The van der Waals surface area contributed by atoms with E-state index in [9.17, 15) is 0 Å². The van der Waals surface area contributed by atoms with E-state index in [1.165, 1.54) is 11.1 Å². The minimum absolute atomic E-state index is 0.224. The topological polar surface area (TPSA) is 28.2 Å². The zero-order chi connectivity index (χ0) is 13.3. The highest BCUT2D eigenvalue weighted by Gasteiger charge is 2.28. The van der Waals surface area contributed by atoms with Gasteiger partial charge in [-0.3, -0.25) is 4.98 Å². The number of nitrogens with one attached hydrogen (secondary N) is 1. The zero-order valence-electron chi connectivity index (χ0n) is 11.7. The van der Waals surface area contributed by atoms with E-state index in [4.69, 9.17) is 0 Å². The minimum atomic E-state index is 0.224. The summed E-state index contributed by atoms with van der Waals surface area (Å²) in [7, 11) is 0. The molecule has 0 radical (unpaired) electrons. The SMILES string of the molecule is CCC1(C)CN(c2ccc3ncccc3c2)CCN1. The fourth-order valence-electron chi connectivity index (χ4n) is 2.77. The van der Waals surface area contributed by atoms with Crippen LogP contribution < -0.4 is 10.2 Å². The number of pyridine rings is 1. The lowest BCUT2D eigenvalue weighted by Crippen LogP contribution is -2.58. The summed E-state index contributed by atoms with van der Waals surface area (Å²) in [5.74, 6) is 0. The first-order valence-corrected chi connectivity index (χ1v) is 7.05. The molecular formula is C16H21N3. The number of hydrogen-bond acceptors (Lipinski definition) is 3. The number of rotatable bonds is 2. The number of piperazine rings is 1. The molecular weight excluding hydrogens is 234 g/mol. The first-order chi connectivity index (χ1) is 9.20. The van der Waals surface area contributed by atoms with Gasteiger partial charge in [0.25, 0.3) is 0 Å². The predicted octanol–water partition coefficient (Wildman–Crippen LogP) is 2.81. The fourth-order valence-corrected chi connectivity index (χ4v) is 2.77. The van der Waals surface area contributed by atoms with Crippen LogP contribution >= 0.6 is 0 Å². The molecule has 1 N–H and O–H groups in total. The predicted molar refractivity (Wildman–Crippen MR) is 80.7 cm³/mol. The molecule has 19 heavy (non-hydrogen) atoms. The highest BCUT2D eigenvalue weighted by atomic mass is 15.2. The molecule has 1 unspecified atom stereocenters. The van der Waals surface area contributed by atoms with E-state index >= 15 is 0 Å². The number of hydrogen-bond donors (Lipinski definition) is 1. The molecule has 3 nitrogen and oxygen atoms in total. The normalized spacial score (nSPS) is 23.8. The highest BCUT2D eigenvalue weighted by Crippen LogP contribution is 2.25. The summed E-state index contributed by atoms with van der Waals surface area (Å²) in [6.45, 7) is 7.74. The van der Waals surface area contributed by atoms with Gasteiger partial charge in [0.05, 0.1) is 5.52 Å². The van der Waals surface area contributed by atoms with Crippen LogP contribution in [0.1, 0.15) is 20.3 Å². The van der Waals surface area contributed by atoms with Crippen LogP contribution in [-0.2, 0) is 0 Å². The van der Waals surface area contributed by atoms with E-state index in [-0.39, 0.29) is 5.54 Å². The van der Waals surface area contributed by atoms with Crippen LogP contribution in [-0.4, -0.2) is 30.2 Å². The van der Waals surface area contributed by atoms with Crippen LogP contribution in [0.15, 0.2) is 36.5 Å². The van der Waals surface area contributed by atoms with Crippen LogP contribution in [0, 0.1) is 0 Å². The molecule has 1 aromatic carbocycles. The van der Waals surface area contributed by atoms with Gasteiger partial charge in [-0.1, -0.05) is 13.0 Å². The zero-order valence-corrected chi connectivity index (χ0v) is 11.7. The van der Waals surface area contributed by atoms with Gasteiger partial charge in [-0.2, -0.15) is 0 Å². The first-order valence-electron chi connectivity index (χ1n) is 7.05. The lowest BCUT2D eigenvalue weighted by molar-refractivity contribution is 0.314. The molecule has 3 rings (SSSR count). The second-order valence-corrected chi connectivity index (χ2v) is 5.64. The molecule has 0 saturated carbocycles. The van der Waals surface area contributed by atoms with Crippen molar-refractivity contribution in [3.8, 4) is 0 Å². The Morgan fingerprint density at radius 3 is 3.11 bits per heavy atom. The Balaban J connectivity index is 1.91. The number of nitrogens with zero attached hydrogens (tertiary/aromatic N) is 2. The highest BCUT2D eigenvalue weighted by molar-refractivity contribution is 5.82. The van der Waals surface area contributed by atoms with Crippen molar-refractivity contribution >= 4 is 16.6 Å². The van der Waals surface area contributed by atoms with Gasteiger partial charge in [-0.15, -0.1) is 0 Å². The maximum absolute atomic E-state index is 4.38. The summed E-state index contributed by atoms with van der Waals surface area (Å²) >= 11 is 0. The number of fused-ring (bicyclic) bond motifs is 1. The molecule has 1 fully saturated rings. The third kappa shape index (κ3) is 2.43. The van der Waals surface area contributed by atoms with Gasteiger partial charge in [-0.05, 0) is 37.6 Å². The standard InChI is InChI=1S/C16H21N3/c1-3-16(2)12-19(10-9-18-16)14-6-7-15-13(11-14)5-4-8-17-15/h4-8,11,18H,3,9-10,12H2,1-2H3. The number of aromatic nitrogens is 1. The van der Waals surface area contributed by atoms with E-state index in [0.29, 0.717) is 0 Å². The van der Waals surface area contributed by atoms with Gasteiger partial charge in [0.15, 0.2) is 0 Å². The molecule has 1 aliphatic heterocycles. The largest absolute Gasteiger partial charge is 0.368 e. The summed E-state index contributed by atoms with van der Waals surface area (Å²) in [6.07, 6.45) is 3.00. The van der Waals surface area contributed by atoms with Crippen molar-refractivity contribution in [1.29, 1.82) is 0 Å². The molecule has 1 atom stereocenters. The molecule has 100 valence electrons. The average Bonchev–Trinajstić information content (AvgIpc) is 2.47. The molecule has 1 aliphatic rings. The summed E-state index contributed by atoms with van der Waals surface area (Å²) in [5.41, 5.74) is 2.60. The van der Waals surface area contributed by atoms with Crippen molar-refractivity contribution in [2.45, 2.75) is 25.8 Å². The molecule has 0 bridgehead atoms. The molecule has 3 heteroatoms. The quantitative estimate of drug-likeness (QED) is 0.894. The van der Waals surface area contributed by atoms with Gasteiger partial charge < -0.3 is 10.2 Å². The van der Waals surface area contributed by atoms with Crippen LogP contribution in [0.3, 0.4) is 0 Å². The summed E-state index contributed by atoms with van der Waals surface area (Å²) < 4.78 is 0. The maximum atomic E-state index is 4.38. The molecule has 0 spiro atoms. The molecule has 0 amide bonds. The first kappa shape index (κ1) is 12.4. The third-order valence-electron chi connectivity index (χ3n) is 4.21. The number of anilines is 1. The molecule has 1 saturated heterocycles. The summed E-state index contributed by atoms with van der Waals surface area (Å²) in [6, 6.07) is 10.7. The van der Waals surface area contributed by atoms with Crippen molar-refractivity contribution < 1.29 is 0 Å². The van der Waals surface area contributed by atoms with Crippen molar-refractivity contribution in [2.24, 2.45) is 0 Å². The van der Waals surface area contributed by atoms with Crippen molar-refractivity contribution in [3.63, 3.8) is 0 Å². The van der Waals surface area contributed by atoms with E-state index < -0.39 is 0 Å². The smallest absolute Gasteiger partial charge is 0.0703 e. The van der Waals surface area contributed by atoms with Gasteiger partial charge >= 0.3 is 0 Å². The van der Waals surface area contributed by atoms with Crippen molar-refractivity contribution in [1.82, 2.24) is 10.3 Å². The van der Waals surface area contributed by atoms with Crippen LogP contribution in [0.2, 0.25) is 0 Å². The van der Waals surface area contributed by atoms with E-state index in [0.717, 1.165) is 31.6 Å². The number of benzene rings is 1. The third-order valence-corrected chi connectivity index (χ3v) is 4.21. The Bertz CT molecular complexity index is 581. The molecule has 0 aliphatic carbocycles. The Morgan fingerprint density at radius 1 is 1.37 bits per heavy atom. The second-order valence-electron chi connectivity index (χ2n) is 5.64. The minimum Gasteiger partial charge on any atom is -0.368 e. The summed E-state index contributed by atoms with van der Waals surface area (Å²) in [4.78, 5) is 6.86. The van der Waals surface area contributed by atoms with Crippen LogP contribution in [0.4, 0.5) is 5.69 Å². The Kier molecular flexibility index (Phi) is 3.15. The van der Waals surface area contributed by atoms with Crippen molar-refractivity contribution in [2.75, 3.05) is 24.5 Å². The second kappa shape index (κ2) is 4.82. The average molecular weight is 255 g/mol. The molecule has 1 aromatic heterocycles. The Morgan fingerprint density at radius 2 is 2.26 bits per heavy atom. The molecule has 2 heterocycles. The lowest BCUT2D eigenvalue weighted by Gasteiger charge is -2.42. The van der Waals surface area contributed by atoms with E-state index in [1.54, 1.807) is 0 Å². The summed E-state index contributed by atoms with van der Waals surface area (Å²) in [5, 5.41) is 4.85. The Labute approximate surface area is 114 Å². The van der Waals surface area contributed by atoms with Gasteiger partial charge in [0.2, 0.25) is 0 Å². The van der Waals surface area contributed by atoms with Crippen LogP contribution in [0.25, 0.3) is 10.9 Å². The van der Waals surface area contributed by atoms with Gasteiger partial charge in [0, 0.05) is 42.4 Å². The van der Waals surface area contributed by atoms with Crippen molar-refractivity contribution in [3.05, 3.63) is 36.5 Å². The van der Waals surface area contributed by atoms with Gasteiger partial charge in [0.1, 0.15) is 0 Å².